The van der Waals surface area contributed by atoms with Gasteiger partial charge in [-0.2, -0.15) is 0 Å². The van der Waals surface area contributed by atoms with E-state index in [4.69, 9.17) is 6.42 Å². The Balaban J connectivity index is 2.32. The van der Waals surface area contributed by atoms with Gasteiger partial charge >= 0.3 is 0 Å². The molecule has 4 heteroatoms. The number of hydrogen-bond donors (Lipinski definition) is 1. The molecule has 0 radical (unpaired) electrons. The van der Waals surface area contributed by atoms with Crippen LogP contribution in [0.25, 0.3) is 6.08 Å². The first-order valence-electron chi connectivity index (χ1n) is 5.21. The van der Waals surface area contributed by atoms with Crippen LogP contribution in [-0.2, 0) is 0 Å². The lowest BCUT2D eigenvalue weighted by Crippen LogP contribution is -2.14. The molecule has 0 bridgehead atoms. The monoisotopic (exact) mass is 229 g/mol. The van der Waals surface area contributed by atoms with Crippen molar-refractivity contribution in [3.05, 3.63) is 45.5 Å². The zero-order valence-electron chi connectivity index (χ0n) is 9.04. The summed E-state index contributed by atoms with van der Waals surface area (Å²) in [7, 11) is 0. The molecule has 1 aliphatic rings. The number of rotatable bonds is 3. The second-order valence-electron chi connectivity index (χ2n) is 3.93. The molecule has 0 aromatic heterocycles. The van der Waals surface area contributed by atoms with Crippen molar-refractivity contribution >= 4 is 11.8 Å². The maximum atomic E-state index is 10.6. The number of non-ortho nitro benzene ring substituents is 1. The predicted octanol–water partition coefficient (Wildman–Crippen LogP) is 2.09. The summed E-state index contributed by atoms with van der Waals surface area (Å²) in [6.07, 6.45) is 8.40. The zero-order valence-corrected chi connectivity index (χ0v) is 9.04. The molecule has 2 atom stereocenters. The summed E-state index contributed by atoms with van der Waals surface area (Å²) in [5, 5.41) is 20.5. The maximum absolute atomic E-state index is 10.6. The van der Waals surface area contributed by atoms with E-state index in [9.17, 15) is 15.2 Å². The fourth-order valence-corrected chi connectivity index (χ4v) is 2.02. The van der Waals surface area contributed by atoms with Crippen molar-refractivity contribution in [2.75, 3.05) is 0 Å². The number of benzene rings is 1. The largest absolute Gasteiger partial charge is 0.391 e. The molecule has 0 fully saturated rings. The molecule has 1 aromatic rings. The lowest BCUT2D eigenvalue weighted by Gasteiger charge is -2.15. The molecule has 2 unspecified atom stereocenters. The number of aliphatic hydroxyl groups is 1. The predicted molar refractivity (Wildman–Crippen MR) is 64.3 cm³/mol. The molecular formula is C13H11NO3. The van der Waals surface area contributed by atoms with E-state index in [2.05, 4.69) is 5.92 Å². The highest BCUT2D eigenvalue weighted by Crippen LogP contribution is 2.35. The third kappa shape index (κ3) is 2.05. The first kappa shape index (κ1) is 11.4. The SMILES string of the molecule is C#CCC(O)C1C=Cc2cc([N+](=O)[O-])ccc21. The van der Waals surface area contributed by atoms with Crippen molar-refractivity contribution in [3.63, 3.8) is 0 Å². The molecular weight excluding hydrogens is 218 g/mol. The minimum absolute atomic E-state index is 0.0560. The highest BCUT2D eigenvalue weighted by molar-refractivity contribution is 5.65. The molecule has 1 aromatic carbocycles. The number of fused-ring (bicyclic) bond motifs is 1. The number of nitro benzene ring substituents is 1. The molecule has 0 aliphatic heterocycles. The van der Waals surface area contributed by atoms with Gasteiger partial charge in [0.1, 0.15) is 0 Å². The summed E-state index contributed by atoms with van der Waals surface area (Å²) in [4.78, 5) is 10.2. The molecule has 86 valence electrons. The van der Waals surface area contributed by atoms with Crippen LogP contribution in [0.2, 0.25) is 0 Å². The average Bonchev–Trinajstić information content (AvgIpc) is 2.71. The van der Waals surface area contributed by atoms with Crippen molar-refractivity contribution in [1.82, 2.24) is 0 Å². The van der Waals surface area contributed by atoms with E-state index in [1.807, 2.05) is 6.08 Å². The molecule has 1 N–H and O–H groups in total. The molecule has 2 rings (SSSR count). The van der Waals surface area contributed by atoms with Crippen LogP contribution in [0.3, 0.4) is 0 Å². The molecule has 17 heavy (non-hydrogen) atoms. The van der Waals surface area contributed by atoms with Crippen molar-refractivity contribution < 1.29 is 10.0 Å². The first-order valence-corrected chi connectivity index (χ1v) is 5.21. The van der Waals surface area contributed by atoms with Gasteiger partial charge in [-0.25, -0.2) is 0 Å². The van der Waals surface area contributed by atoms with Crippen LogP contribution in [-0.4, -0.2) is 16.1 Å². The smallest absolute Gasteiger partial charge is 0.270 e. The summed E-state index contributed by atoms with van der Waals surface area (Å²) in [6.45, 7) is 0. The second-order valence-corrected chi connectivity index (χ2v) is 3.93. The van der Waals surface area contributed by atoms with Crippen molar-refractivity contribution in [3.8, 4) is 12.3 Å². The lowest BCUT2D eigenvalue weighted by atomic mass is 9.93. The Labute approximate surface area is 98.7 Å². The highest BCUT2D eigenvalue weighted by Gasteiger charge is 2.25. The van der Waals surface area contributed by atoms with E-state index in [0.29, 0.717) is 0 Å². The summed E-state index contributed by atoms with van der Waals surface area (Å²) in [5.74, 6) is 2.25. The van der Waals surface area contributed by atoms with Gasteiger partial charge in [0.15, 0.2) is 0 Å². The molecule has 0 spiro atoms. The van der Waals surface area contributed by atoms with Crippen LogP contribution in [0.15, 0.2) is 24.3 Å². The number of terminal acetylenes is 1. The quantitative estimate of drug-likeness (QED) is 0.490. The van der Waals surface area contributed by atoms with Gasteiger partial charge in [0, 0.05) is 24.5 Å². The fourth-order valence-electron chi connectivity index (χ4n) is 2.02. The van der Waals surface area contributed by atoms with Gasteiger partial charge in [-0.3, -0.25) is 10.1 Å². The molecule has 0 heterocycles. The Bertz CT molecular complexity index is 528. The van der Waals surface area contributed by atoms with Crippen molar-refractivity contribution in [2.24, 2.45) is 0 Å². The van der Waals surface area contributed by atoms with Crippen LogP contribution in [0, 0.1) is 22.5 Å². The number of nitro groups is 1. The topological polar surface area (TPSA) is 63.4 Å². The van der Waals surface area contributed by atoms with Crippen LogP contribution < -0.4 is 0 Å². The summed E-state index contributed by atoms with van der Waals surface area (Å²) in [6, 6.07) is 4.63. The molecule has 0 saturated carbocycles. The summed E-state index contributed by atoms with van der Waals surface area (Å²) in [5.41, 5.74) is 1.72. The van der Waals surface area contributed by atoms with E-state index < -0.39 is 11.0 Å². The Morgan fingerprint density at radius 2 is 2.35 bits per heavy atom. The summed E-state index contributed by atoms with van der Waals surface area (Å²) < 4.78 is 0. The lowest BCUT2D eigenvalue weighted by molar-refractivity contribution is -0.384. The second kappa shape index (κ2) is 4.40. The first-order chi connectivity index (χ1) is 8.13. The fraction of sp³-hybridized carbons (Fsp3) is 0.231. The van der Waals surface area contributed by atoms with Crippen molar-refractivity contribution in [1.29, 1.82) is 0 Å². The number of nitrogens with zero attached hydrogens (tertiary/aromatic N) is 1. The van der Waals surface area contributed by atoms with Crippen LogP contribution in [0.1, 0.15) is 23.5 Å². The van der Waals surface area contributed by atoms with E-state index in [0.717, 1.165) is 11.1 Å². The molecule has 4 nitrogen and oxygen atoms in total. The summed E-state index contributed by atoms with van der Waals surface area (Å²) >= 11 is 0. The molecule has 1 aliphatic carbocycles. The van der Waals surface area contributed by atoms with Crippen molar-refractivity contribution in [2.45, 2.75) is 18.4 Å². The van der Waals surface area contributed by atoms with Crippen LogP contribution in [0.4, 0.5) is 5.69 Å². The maximum Gasteiger partial charge on any atom is 0.270 e. The minimum atomic E-state index is -0.640. The van der Waals surface area contributed by atoms with Gasteiger partial charge in [0.2, 0.25) is 0 Å². The number of aliphatic hydroxyl groups excluding tert-OH is 1. The third-order valence-corrected chi connectivity index (χ3v) is 2.86. The van der Waals surface area contributed by atoms with Gasteiger partial charge in [-0.05, 0) is 11.1 Å². The van der Waals surface area contributed by atoms with E-state index >= 15 is 0 Å². The molecule has 0 amide bonds. The zero-order chi connectivity index (χ0) is 12.4. The van der Waals surface area contributed by atoms with E-state index in [-0.39, 0.29) is 18.0 Å². The van der Waals surface area contributed by atoms with Gasteiger partial charge in [0.05, 0.1) is 11.0 Å². The van der Waals surface area contributed by atoms with Gasteiger partial charge in [0.25, 0.3) is 5.69 Å². The standard InChI is InChI=1S/C13H11NO3/c1-2-3-13(15)12-6-4-9-8-10(14(16)17)5-7-11(9)12/h1,4-8,12-13,15H,3H2. The minimum Gasteiger partial charge on any atom is -0.391 e. The average molecular weight is 229 g/mol. The van der Waals surface area contributed by atoms with E-state index in [1.54, 1.807) is 12.1 Å². The number of hydrogen-bond acceptors (Lipinski definition) is 3. The Kier molecular flexibility index (Phi) is 2.94. The van der Waals surface area contributed by atoms with Gasteiger partial charge in [-0.15, -0.1) is 12.3 Å². The normalized spacial score (nSPS) is 18.5. The van der Waals surface area contributed by atoms with Gasteiger partial charge < -0.3 is 5.11 Å². The van der Waals surface area contributed by atoms with Crippen LogP contribution >= 0.6 is 0 Å². The highest BCUT2D eigenvalue weighted by atomic mass is 16.6. The Hall–Kier alpha value is -2.12. The van der Waals surface area contributed by atoms with Gasteiger partial charge in [-0.1, -0.05) is 18.2 Å². The Morgan fingerprint density at radius 3 is 3.00 bits per heavy atom. The van der Waals surface area contributed by atoms with E-state index in [1.165, 1.54) is 12.1 Å². The Morgan fingerprint density at radius 1 is 1.59 bits per heavy atom. The van der Waals surface area contributed by atoms with Crippen LogP contribution in [0.5, 0.6) is 0 Å². The third-order valence-electron chi connectivity index (χ3n) is 2.86. The molecule has 0 saturated heterocycles.